The van der Waals surface area contributed by atoms with Crippen molar-refractivity contribution < 1.29 is 9.47 Å². The third kappa shape index (κ3) is 12.3. The van der Waals surface area contributed by atoms with Crippen LogP contribution in [0.15, 0.2) is 244 Å². The van der Waals surface area contributed by atoms with E-state index in [-0.39, 0.29) is 0 Å². The van der Waals surface area contributed by atoms with Gasteiger partial charge in [0.15, 0.2) is 0 Å². The third-order valence-electron chi connectivity index (χ3n) is 13.6. The standard InChI is InChI=1S/C66H70O2P2/c1-3-31-55-45-47-66(68-50-28-6-8-30-52-70(61-39-21-12-22-40-61,62-41-23-13-24-42-62)63-43-25-14-26-44-63)64(53-55)56-46-48-65(57(54-56)32-4-2)67-49-27-5-7-29-51-69(58-33-15-9-16-34-58,59-35-17-10-18-36-59)60-37-19-11-20-38-60/h3-4,9-26,33-48,53-54H,1-2,5-8,27-32,49-52H2/q+2. The Morgan fingerprint density at radius 2 is 0.700 bits per heavy atom. The SMILES string of the molecule is C=CCc1ccc(OCCCCCC[P+](c2ccccc2)(c2ccccc2)c2ccccc2)c(-c2ccc(OCCCCCC[P+](c3ccccc3)(c3ccccc3)c3ccccc3)c(CC=C)c2)c1. The van der Waals surface area contributed by atoms with Gasteiger partial charge in [-0.05, 0) is 178 Å². The predicted molar refractivity (Wildman–Crippen MR) is 308 cm³/mol. The highest BCUT2D eigenvalue weighted by Crippen LogP contribution is 2.57. The summed E-state index contributed by atoms with van der Waals surface area (Å²) in [5.74, 6) is 1.86. The Labute approximate surface area is 420 Å². The quantitative estimate of drug-likeness (QED) is 0.0290. The summed E-state index contributed by atoms with van der Waals surface area (Å²) in [6.45, 7) is 9.51. The van der Waals surface area contributed by atoms with Crippen molar-refractivity contribution in [3.05, 3.63) is 255 Å². The summed E-state index contributed by atoms with van der Waals surface area (Å²) >= 11 is 0. The van der Waals surface area contributed by atoms with Crippen molar-refractivity contribution in [2.24, 2.45) is 0 Å². The molecule has 0 radical (unpaired) electrons. The summed E-state index contributed by atoms with van der Waals surface area (Å²) in [4.78, 5) is 0. The molecule has 2 nitrogen and oxygen atoms in total. The van der Waals surface area contributed by atoms with Crippen molar-refractivity contribution in [1.82, 2.24) is 0 Å². The molecular weight excluding hydrogens is 887 g/mol. The second-order valence-corrected chi connectivity index (χ2v) is 25.5. The first-order valence-electron chi connectivity index (χ1n) is 25.5. The van der Waals surface area contributed by atoms with Crippen LogP contribution in [0.5, 0.6) is 11.5 Å². The molecule has 0 spiro atoms. The molecule has 0 aliphatic carbocycles. The Morgan fingerprint density at radius 3 is 1.09 bits per heavy atom. The second-order valence-electron chi connectivity index (χ2n) is 18.2. The van der Waals surface area contributed by atoms with Crippen LogP contribution in [0.1, 0.15) is 62.5 Å². The van der Waals surface area contributed by atoms with E-state index in [4.69, 9.17) is 9.47 Å². The van der Waals surface area contributed by atoms with E-state index in [0.717, 1.165) is 98.3 Å². The Hall–Kier alpha value is -6.30. The molecule has 0 unspecified atom stereocenters. The lowest BCUT2D eigenvalue weighted by molar-refractivity contribution is 0.302. The van der Waals surface area contributed by atoms with E-state index in [1.165, 1.54) is 43.8 Å². The molecule has 0 amide bonds. The van der Waals surface area contributed by atoms with E-state index < -0.39 is 14.5 Å². The average molecular weight is 957 g/mol. The topological polar surface area (TPSA) is 18.5 Å². The molecular formula is C66H70O2P2+2. The summed E-state index contributed by atoms with van der Waals surface area (Å²) in [5, 5.41) is 8.73. The molecule has 0 saturated heterocycles. The molecule has 0 fully saturated rings. The highest BCUT2D eigenvalue weighted by atomic mass is 31.2. The van der Waals surface area contributed by atoms with Gasteiger partial charge in [-0.15, -0.1) is 13.2 Å². The Morgan fingerprint density at radius 1 is 0.343 bits per heavy atom. The summed E-state index contributed by atoms with van der Waals surface area (Å²) in [6.07, 6.45) is 16.7. The molecule has 70 heavy (non-hydrogen) atoms. The van der Waals surface area contributed by atoms with E-state index in [1.807, 2.05) is 12.2 Å². The van der Waals surface area contributed by atoms with Gasteiger partial charge in [-0.1, -0.05) is 133 Å². The second kappa shape index (κ2) is 26.1. The number of rotatable bonds is 27. The van der Waals surface area contributed by atoms with Gasteiger partial charge in [0.2, 0.25) is 0 Å². The van der Waals surface area contributed by atoms with Gasteiger partial charge >= 0.3 is 0 Å². The maximum Gasteiger partial charge on any atom is 0.127 e. The van der Waals surface area contributed by atoms with Crippen molar-refractivity contribution in [1.29, 1.82) is 0 Å². The van der Waals surface area contributed by atoms with Gasteiger partial charge in [0, 0.05) is 5.56 Å². The minimum atomic E-state index is -1.82. The first-order chi connectivity index (χ1) is 34.7. The normalized spacial score (nSPS) is 11.5. The minimum absolute atomic E-state index is 0.679. The van der Waals surface area contributed by atoms with Gasteiger partial charge in [0.1, 0.15) is 57.9 Å². The fourth-order valence-electron chi connectivity index (χ4n) is 10.2. The largest absolute Gasteiger partial charge is 0.493 e. The predicted octanol–water partition coefficient (Wildman–Crippen LogP) is 14.7. The molecule has 4 heteroatoms. The van der Waals surface area contributed by atoms with Crippen LogP contribution in [-0.4, -0.2) is 25.5 Å². The van der Waals surface area contributed by atoms with Crippen molar-refractivity contribution in [3.8, 4) is 22.6 Å². The van der Waals surface area contributed by atoms with E-state index in [1.54, 1.807) is 0 Å². The fourth-order valence-corrected chi connectivity index (χ4v) is 19.0. The zero-order chi connectivity index (χ0) is 48.1. The molecule has 8 aromatic rings. The van der Waals surface area contributed by atoms with Crippen molar-refractivity contribution in [3.63, 3.8) is 0 Å². The molecule has 0 bridgehead atoms. The Kier molecular flexibility index (Phi) is 18.7. The van der Waals surface area contributed by atoms with Crippen molar-refractivity contribution in [2.75, 3.05) is 25.5 Å². The smallest absolute Gasteiger partial charge is 0.127 e. The van der Waals surface area contributed by atoms with Crippen LogP contribution in [-0.2, 0) is 12.8 Å². The van der Waals surface area contributed by atoms with Crippen LogP contribution in [0, 0.1) is 0 Å². The summed E-state index contributed by atoms with van der Waals surface area (Å²) in [5.41, 5.74) is 4.62. The average Bonchev–Trinajstić information content (AvgIpc) is 3.42. The van der Waals surface area contributed by atoms with Crippen LogP contribution < -0.4 is 41.3 Å². The van der Waals surface area contributed by atoms with Crippen LogP contribution in [0.2, 0.25) is 0 Å². The fraction of sp³-hybridized carbons (Fsp3) is 0.212. The van der Waals surface area contributed by atoms with E-state index in [9.17, 15) is 0 Å². The minimum Gasteiger partial charge on any atom is -0.493 e. The first kappa shape index (κ1) is 50.1. The molecule has 0 aliphatic heterocycles. The van der Waals surface area contributed by atoms with Gasteiger partial charge in [0.05, 0.1) is 25.5 Å². The van der Waals surface area contributed by atoms with E-state index >= 15 is 0 Å². The van der Waals surface area contributed by atoms with Gasteiger partial charge in [-0.3, -0.25) is 0 Å². The highest BCUT2D eigenvalue weighted by molar-refractivity contribution is 7.96. The Balaban J connectivity index is 0.874. The van der Waals surface area contributed by atoms with Gasteiger partial charge in [-0.2, -0.15) is 0 Å². The lowest BCUT2D eigenvalue weighted by atomic mass is 9.97. The molecule has 0 saturated carbocycles. The summed E-state index contributed by atoms with van der Waals surface area (Å²) in [6, 6.07) is 80.6. The maximum absolute atomic E-state index is 6.65. The number of unbranched alkanes of at least 4 members (excludes halogenated alkanes) is 6. The number of benzene rings is 8. The number of allylic oxidation sites excluding steroid dienone is 2. The monoisotopic (exact) mass is 956 g/mol. The van der Waals surface area contributed by atoms with Crippen molar-refractivity contribution in [2.45, 2.75) is 64.2 Å². The number of hydrogen-bond donors (Lipinski definition) is 0. The molecule has 0 atom stereocenters. The van der Waals surface area contributed by atoms with Crippen LogP contribution in [0.25, 0.3) is 11.1 Å². The third-order valence-corrected chi connectivity index (χ3v) is 22.7. The first-order valence-corrected chi connectivity index (χ1v) is 29.4. The van der Waals surface area contributed by atoms with E-state index in [0.29, 0.717) is 13.2 Å². The van der Waals surface area contributed by atoms with Gasteiger partial charge in [0.25, 0.3) is 0 Å². The summed E-state index contributed by atoms with van der Waals surface area (Å²) in [7, 11) is -3.63. The Bertz CT molecular complexity index is 2600. The van der Waals surface area contributed by atoms with E-state index in [2.05, 4.69) is 232 Å². The number of ether oxygens (including phenoxy) is 2. The lowest BCUT2D eigenvalue weighted by Crippen LogP contribution is -2.33. The molecule has 8 rings (SSSR count). The molecule has 0 aromatic heterocycles. The highest BCUT2D eigenvalue weighted by Gasteiger charge is 2.45. The van der Waals surface area contributed by atoms with Crippen LogP contribution >= 0.6 is 14.5 Å². The molecule has 8 aromatic carbocycles. The van der Waals surface area contributed by atoms with Crippen molar-refractivity contribution >= 4 is 46.4 Å². The number of hydrogen-bond acceptors (Lipinski definition) is 2. The van der Waals surface area contributed by atoms with Crippen LogP contribution in [0.4, 0.5) is 0 Å². The molecule has 0 aliphatic rings. The molecule has 0 N–H and O–H groups in total. The zero-order valence-electron chi connectivity index (χ0n) is 41.0. The van der Waals surface area contributed by atoms with Gasteiger partial charge in [-0.25, -0.2) is 0 Å². The van der Waals surface area contributed by atoms with Crippen LogP contribution in [0.3, 0.4) is 0 Å². The van der Waals surface area contributed by atoms with Gasteiger partial charge < -0.3 is 9.47 Å². The maximum atomic E-state index is 6.65. The lowest BCUT2D eigenvalue weighted by Gasteiger charge is -2.27. The summed E-state index contributed by atoms with van der Waals surface area (Å²) < 4.78 is 13.2. The molecule has 0 heterocycles. The molecule has 354 valence electrons. The zero-order valence-corrected chi connectivity index (χ0v) is 42.8.